The zero-order chi connectivity index (χ0) is 20.8. The van der Waals surface area contributed by atoms with Crippen molar-refractivity contribution < 1.29 is 9.53 Å². The fraction of sp³-hybridized carbons (Fsp3) is 0.571. The van der Waals surface area contributed by atoms with E-state index in [2.05, 4.69) is 25.7 Å². The molecule has 1 saturated carbocycles. The molecule has 0 bridgehead atoms. The third-order valence-corrected chi connectivity index (χ3v) is 7.54. The maximum atomic E-state index is 12.6. The Balaban J connectivity index is 1.26. The van der Waals surface area contributed by atoms with Crippen LogP contribution in [-0.4, -0.2) is 53.7 Å². The Kier molecular flexibility index (Phi) is 7.46. The lowest BCUT2D eigenvalue weighted by Gasteiger charge is -2.28. The van der Waals surface area contributed by atoms with E-state index in [9.17, 15) is 4.79 Å². The Morgan fingerprint density at radius 3 is 2.63 bits per heavy atom. The van der Waals surface area contributed by atoms with Crippen LogP contribution < -0.4 is 15.5 Å². The fourth-order valence-corrected chi connectivity index (χ4v) is 5.74. The summed E-state index contributed by atoms with van der Waals surface area (Å²) in [4.78, 5) is 14.9. The van der Waals surface area contributed by atoms with Gasteiger partial charge in [-0.1, -0.05) is 42.4 Å². The predicted octanol–water partition coefficient (Wildman–Crippen LogP) is 4.24. The molecule has 1 aromatic heterocycles. The summed E-state index contributed by atoms with van der Waals surface area (Å²) < 4.78 is 6.22. The largest absolute Gasteiger partial charge is 0.378 e. The minimum absolute atomic E-state index is 0.0314. The summed E-state index contributed by atoms with van der Waals surface area (Å²) >= 11 is 2.98. The van der Waals surface area contributed by atoms with Gasteiger partial charge < -0.3 is 20.3 Å². The maximum absolute atomic E-state index is 12.6. The van der Waals surface area contributed by atoms with Gasteiger partial charge >= 0.3 is 0 Å². The van der Waals surface area contributed by atoms with Crippen molar-refractivity contribution in [2.24, 2.45) is 0 Å². The van der Waals surface area contributed by atoms with E-state index in [4.69, 9.17) is 4.74 Å². The summed E-state index contributed by atoms with van der Waals surface area (Å²) in [6.45, 7) is 5.23. The zero-order valence-electron chi connectivity index (χ0n) is 17.3. The van der Waals surface area contributed by atoms with Crippen molar-refractivity contribution >= 4 is 45.5 Å². The van der Waals surface area contributed by atoms with Crippen LogP contribution in [0.25, 0.3) is 0 Å². The molecule has 4 rings (SSSR count). The highest BCUT2D eigenvalue weighted by Gasteiger charge is 2.19. The predicted molar refractivity (Wildman–Crippen MR) is 124 cm³/mol. The summed E-state index contributed by atoms with van der Waals surface area (Å²) in [5, 5.41) is 15.6. The minimum Gasteiger partial charge on any atom is -0.378 e. The molecule has 9 heteroatoms. The number of amides is 1. The number of aromatic nitrogens is 2. The van der Waals surface area contributed by atoms with Gasteiger partial charge in [-0.05, 0) is 44.0 Å². The van der Waals surface area contributed by atoms with Crippen LogP contribution in [-0.2, 0) is 9.53 Å². The van der Waals surface area contributed by atoms with Gasteiger partial charge in [-0.25, -0.2) is 0 Å². The van der Waals surface area contributed by atoms with Gasteiger partial charge in [-0.2, -0.15) is 0 Å². The second-order valence-corrected chi connectivity index (χ2v) is 10.3. The van der Waals surface area contributed by atoms with Crippen molar-refractivity contribution in [2.75, 3.05) is 41.8 Å². The van der Waals surface area contributed by atoms with E-state index in [1.807, 2.05) is 31.2 Å². The van der Waals surface area contributed by atoms with Crippen LogP contribution in [0.4, 0.5) is 16.5 Å². The highest BCUT2D eigenvalue weighted by Crippen LogP contribution is 2.31. The number of thioether (sulfide) groups is 1. The van der Waals surface area contributed by atoms with Crippen molar-refractivity contribution in [1.29, 1.82) is 0 Å². The number of hydrogen-bond donors (Lipinski definition) is 2. The van der Waals surface area contributed by atoms with Gasteiger partial charge in [-0.15, -0.1) is 10.2 Å². The number of benzene rings is 1. The van der Waals surface area contributed by atoms with Crippen LogP contribution in [0.1, 0.15) is 39.0 Å². The third-order valence-electron chi connectivity index (χ3n) is 5.50. The molecule has 1 aliphatic carbocycles. The number of carbonyl (C=O) groups is 1. The molecule has 162 valence electrons. The number of carbonyl (C=O) groups excluding carboxylic acids is 1. The molecule has 1 unspecified atom stereocenters. The topological polar surface area (TPSA) is 79.4 Å². The standard InChI is InChI=1S/C21H29N5O2S2/c1-15(29-21-25-24-20(30-21)23-16-5-3-2-4-6-16)19(27)22-17-7-9-18(10-8-17)26-11-13-28-14-12-26/h7-10,15-16H,2-6,11-14H2,1H3,(H,22,27)(H,23,24). The van der Waals surface area contributed by atoms with Crippen molar-refractivity contribution in [3.8, 4) is 0 Å². The van der Waals surface area contributed by atoms with Gasteiger partial charge in [0.25, 0.3) is 0 Å². The number of ether oxygens (including phenoxy) is 1. The molecule has 1 saturated heterocycles. The number of nitrogens with one attached hydrogen (secondary N) is 2. The molecule has 2 aliphatic rings. The summed E-state index contributed by atoms with van der Waals surface area (Å²) in [5.41, 5.74) is 1.96. The van der Waals surface area contributed by atoms with E-state index in [-0.39, 0.29) is 11.2 Å². The third kappa shape index (κ3) is 5.86. The van der Waals surface area contributed by atoms with Gasteiger partial charge in [0.2, 0.25) is 11.0 Å². The van der Waals surface area contributed by atoms with Crippen molar-refractivity contribution in [3.63, 3.8) is 0 Å². The number of hydrogen-bond acceptors (Lipinski definition) is 8. The quantitative estimate of drug-likeness (QED) is 0.615. The molecule has 2 fully saturated rings. The van der Waals surface area contributed by atoms with Gasteiger partial charge in [-0.3, -0.25) is 4.79 Å². The van der Waals surface area contributed by atoms with Crippen LogP contribution >= 0.6 is 23.1 Å². The summed E-state index contributed by atoms with van der Waals surface area (Å²) in [5.74, 6) is -0.0314. The molecule has 1 atom stereocenters. The average molecular weight is 448 g/mol. The van der Waals surface area contributed by atoms with Crippen molar-refractivity contribution in [1.82, 2.24) is 10.2 Å². The van der Waals surface area contributed by atoms with E-state index in [1.165, 1.54) is 55.2 Å². The Hall–Kier alpha value is -1.84. The molecule has 1 aliphatic heterocycles. The average Bonchev–Trinajstić information content (AvgIpc) is 3.22. The van der Waals surface area contributed by atoms with Gasteiger partial charge in [0.05, 0.1) is 18.5 Å². The minimum atomic E-state index is -0.251. The molecule has 1 amide bonds. The lowest BCUT2D eigenvalue weighted by molar-refractivity contribution is -0.115. The smallest absolute Gasteiger partial charge is 0.237 e. The second-order valence-electron chi connectivity index (χ2n) is 7.75. The molecule has 2 heterocycles. The van der Waals surface area contributed by atoms with E-state index < -0.39 is 0 Å². The zero-order valence-corrected chi connectivity index (χ0v) is 18.9. The van der Waals surface area contributed by atoms with Gasteiger partial charge in [0.1, 0.15) is 0 Å². The first kappa shape index (κ1) is 21.4. The maximum Gasteiger partial charge on any atom is 0.237 e. The van der Waals surface area contributed by atoms with E-state index >= 15 is 0 Å². The first-order valence-corrected chi connectivity index (χ1v) is 12.4. The Labute approximate surface area is 186 Å². The molecule has 1 aromatic carbocycles. The number of rotatable bonds is 7. The number of anilines is 3. The molecule has 2 N–H and O–H groups in total. The lowest BCUT2D eigenvalue weighted by Crippen LogP contribution is -2.36. The van der Waals surface area contributed by atoms with Crippen molar-refractivity contribution in [3.05, 3.63) is 24.3 Å². The Morgan fingerprint density at radius 2 is 1.90 bits per heavy atom. The Morgan fingerprint density at radius 1 is 1.17 bits per heavy atom. The molecule has 0 spiro atoms. The monoisotopic (exact) mass is 447 g/mol. The molecule has 30 heavy (non-hydrogen) atoms. The second kappa shape index (κ2) is 10.5. The molecule has 0 radical (unpaired) electrons. The van der Waals surface area contributed by atoms with Crippen LogP contribution in [0, 0.1) is 0 Å². The summed E-state index contributed by atoms with van der Waals surface area (Å²) in [6.07, 6.45) is 6.29. The van der Waals surface area contributed by atoms with E-state index in [1.54, 1.807) is 0 Å². The molecular formula is C21H29N5O2S2. The SMILES string of the molecule is CC(Sc1nnc(NC2CCCCC2)s1)C(=O)Nc1ccc(N2CCOCC2)cc1. The lowest BCUT2D eigenvalue weighted by atomic mass is 9.96. The van der Waals surface area contributed by atoms with E-state index in [0.717, 1.165) is 47.1 Å². The van der Waals surface area contributed by atoms with Gasteiger partial charge in [0.15, 0.2) is 4.34 Å². The Bertz CT molecular complexity index is 817. The van der Waals surface area contributed by atoms with Crippen molar-refractivity contribution in [2.45, 2.75) is 54.7 Å². The number of morpholine rings is 1. The summed E-state index contributed by atoms with van der Waals surface area (Å²) in [7, 11) is 0. The van der Waals surface area contributed by atoms with Crippen LogP contribution in [0.15, 0.2) is 28.6 Å². The molecular weight excluding hydrogens is 418 g/mol. The normalized spacial score (nSPS) is 18.8. The number of nitrogens with zero attached hydrogens (tertiary/aromatic N) is 3. The highest BCUT2D eigenvalue weighted by molar-refractivity contribution is 8.02. The van der Waals surface area contributed by atoms with Crippen LogP contribution in [0.2, 0.25) is 0 Å². The highest BCUT2D eigenvalue weighted by atomic mass is 32.2. The first-order valence-electron chi connectivity index (χ1n) is 10.7. The molecule has 7 nitrogen and oxygen atoms in total. The van der Waals surface area contributed by atoms with Crippen LogP contribution in [0.3, 0.4) is 0 Å². The first-order chi connectivity index (χ1) is 14.7. The summed E-state index contributed by atoms with van der Waals surface area (Å²) in [6, 6.07) is 8.51. The fourth-order valence-electron chi connectivity index (χ4n) is 3.76. The van der Waals surface area contributed by atoms with E-state index in [0.29, 0.717) is 6.04 Å². The molecule has 2 aromatic rings. The van der Waals surface area contributed by atoms with Crippen LogP contribution in [0.5, 0.6) is 0 Å². The van der Waals surface area contributed by atoms with Gasteiger partial charge in [0, 0.05) is 30.5 Å².